The number of allylic oxidation sites excluding steroid dienone is 4. The standard InChI is InChI=1S/C32H32N2S2/c1-21-10-12-27-29(14-21)35-31(33(27)3)19-23-16-24(18-26(17-23)25-8-6-5-7-9-25)20-32-34(4)28-13-11-22(2)15-30(28)36-32/h5-16,19-20,26,31H,17-18H2,1-4H3. The first-order chi connectivity index (χ1) is 17.4. The zero-order valence-electron chi connectivity index (χ0n) is 21.4. The first-order valence-electron chi connectivity index (χ1n) is 12.6. The number of nitrogens with zero attached hydrogens (tertiary/aromatic N) is 2. The molecule has 2 unspecified atom stereocenters. The predicted molar refractivity (Wildman–Crippen MR) is 157 cm³/mol. The number of hydrogen-bond acceptors (Lipinski definition) is 4. The maximum atomic E-state index is 2.50. The molecule has 0 saturated carbocycles. The lowest BCUT2D eigenvalue weighted by molar-refractivity contribution is 0.662. The maximum absolute atomic E-state index is 2.50. The molecule has 2 nitrogen and oxygen atoms in total. The topological polar surface area (TPSA) is 6.48 Å². The highest BCUT2D eigenvalue weighted by molar-refractivity contribution is 8.03. The van der Waals surface area contributed by atoms with Crippen LogP contribution in [-0.2, 0) is 0 Å². The largest absolute Gasteiger partial charge is 0.358 e. The molecule has 4 heteroatoms. The van der Waals surface area contributed by atoms with E-state index < -0.39 is 0 Å². The third-order valence-corrected chi connectivity index (χ3v) is 9.84. The summed E-state index contributed by atoms with van der Waals surface area (Å²) in [4.78, 5) is 7.50. The summed E-state index contributed by atoms with van der Waals surface area (Å²) in [5.41, 5.74) is 9.58. The summed E-state index contributed by atoms with van der Waals surface area (Å²) in [6, 6.07) is 24.6. The van der Waals surface area contributed by atoms with Crippen LogP contribution in [0.4, 0.5) is 11.4 Å². The Morgan fingerprint density at radius 2 is 1.56 bits per heavy atom. The van der Waals surface area contributed by atoms with Crippen LogP contribution in [0.15, 0.2) is 111 Å². The molecule has 0 saturated heterocycles. The van der Waals surface area contributed by atoms with Crippen LogP contribution >= 0.6 is 23.5 Å². The fourth-order valence-corrected chi connectivity index (χ4v) is 8.01. The van der Waals surface area contributed by atoms with Crippen LogP contribution in [0, 0.1) is 13.8 Å². The van der Waals surface area contributed by atoms with E-state index in [1.807, 2.05) is 23.5 Å². The van der Waals surface area contributed by atoms with Gasteiger partial charge in [-0.15, -0.1) is 0 Å². The molecule has 182 valence electrons. The van der Waals surface area contributed by atoms with E-state index in [2.05, 4.69) is 123 Å². The Kier molecular flexibility index (Phi) is 6.27. The second-order valence-electron chi connectivity index (χ2n) is 10.2. The molecule has 0 radical (unpaired) electrons. The van der Waals surface area contributed by atoms with Gasteiger partial charge in [-0.1, -0.05) is 72.1 Å². The van der Waals surface area contributed by atoms with Gasteiger partial charge >= 0.3 is 0 Å². The lowest BCUT2D eigenvalue weighted by Crippen LogP contribution is -2.23. The number of anilines is 2. The smallest absolute Gasteiger partial charge is 0.0985 e. The number of thioether (sulfide) groups is 2. The van der Waals surface area contributed by atoms with Gasteiger partial charge in [0.2, 0.25) is 0 Å². The maximum Gasteiger partial charge on any atom is 0.0985 e. The Morgan fingerprint density at radius 1 is 0.833 bits per heavy atom. The number of rotatable bonds is 3. The number of hydrogen-bond donors (Lipinski definition) is 0. The van der Waals surface area contributed by atoms with Crippen LogP contribution in [0.5, 0.6) is 0 Å². The van der Waals surface area contributed by atoms with Crippen molar-refractivity contribution in [2.45, 2.75) is 47.8 Å². The van der Waals surface area contributed by atoms with Gasteiger partial charge in [-0.25, -0.2) is 0 Å². The fraction of sp³-hybridized carbons (Fsp3) is 0.250. The number of fused-ring (bicyclic) bond motifs is 2. The van der Waals surface area contributed by atoms with Crippen molar-refractivity contribution in [1.29, 1.82) is 0 Å². The predicted octanol–water partition coefficient (Wildman–Crippen LogP) is 8.69. The molecule has 0 amide bonds. The molecule has 0 fully saturated rings. The van der Waals surface area contributed by atoms with Gasteiger partial charge in [0.25, 0.3) is 0 Å². The highest BCUT2D eigenvalue weighted by atomic mass is 32.2. The third-order valence-electron chi connectivity index (χ3n) is 7.42. The second-order valence-corrected chi connectivity index (χ2v) is 12.4. The summed E-state index contributed by atoms with van der Waals surface area (Å²) >= 11 is 3.86. The summed E-state index contributed by atoms with van der Waals surface area (Å²) in [6.07, 6.45) is 9.53. The van der Waals surface area contributed by atoms with E-state index in [-0.39, 0.29) is 0 Å². The number of benzene rings is 3. The first-order valence-corrected chi connectivity index (χ1v) is 14.3. The van der Waals surface area contributed by atoms with Gasteiger partial charge in [-0.3, -0.25) is 0 Å². The van der Waals surface area contributed by atoms with Crippen LogP contribution in [0.3, 0.4) is 0 Å². The Balaban J connectivity index is 1.33. The average molecular weight is 509 g/mol. The van der Waals surface area contributed by atoms with E-state index in [4.69, 9.17) is 0 Å². The highest BCUT2D eigenvalue weighted by Crippen LogP contribution is 2.48. The molecular weight excluding hydrogens is 477 g/mol. The summed E-state index contributed by atoms with van der Waals surface area (Å²) < 4.78 is 0. The molecule has 2 heterocycles. The minimum absolute atomic E-state index is 0.326. The van der Waals surface area contributed by atoms with Crippen LogP contribution in [0.25, 0.3) is 0 Å². The van der Waals surface area contributed by atoms with Crippen molar-refractivity contribution in [1.82, 2.24) is 0 Å². The van der Waals surface area contributed by atoms with Crippen molar-refractivity contribution >= 4 is 34.9 Å². The molecule has 1 aliphatic carbocycles. The summed E-state index contributed by atoms with van der Waals surface area (Å²) in [6.45, 7) is 4.35. The molecule has 3 aliphatic rings. The Labute approximate surface area is 223 Å². The van der Waals surface area contributed by atoms with Crippen LogP contribution < -0.4 is 9.80 Å². The zero-order chi connectivity index (χ0) is 24.8. The van der Waals surface area contributed by atoms with Crippen molar-refractivity contribution in [2.75, 3.05) is 23.9 Å². The molecule has 3 aromatic carbocycles. The summed E-state index contributed by atoms with van der Waals surface area (Å²) in [5, 5.41) is 1.64. The minimum atomic E-state index is 0.326. The van der Waals surface area contributed by atoms with Gasteiger partial charge in [0.05, 0.1) is 21.8 Å². The van der Waals surface area contributed by atoms with E-state index in [0.29, 0.717) is 11.3 Å². The number of likely N-dealkylation sites (N-methyl/N-ethyl adjacent to an activating group) is 1. The number of aryl methyl sites for hydroxylation is 2. The fourth-order valence-electron chi connectivity index (χ4n) is 5.42. The Bertz CT molecular complexity index is 1400. The molecule has 0 bridgehead atoms. The molecule has 0 aromatic heterocycles. The monoisotopic (exact) mass is 508 g/mol. The second kappa shape index (κ2) is 9.57. The molecule has 2 atom stereocenters. The van der Waals surface area contributed by atoms with Crippen molar-refractivity contribution < 1.29 is 0 Å². The van der Waals surface area contributed by atoms with Crippen LogP contribution in [0.1, 0.15) is 35.4 Å². The Hall–Kier alpha value is -2.82. The van der Waals surface area contributed by atoms with Crippen LogP contribution in [0.2, 0.25) is 0 Å². The average Bonchev–Trinajstić information content (AvgIpc) is 3.34. The van der Waals surface area contributed by atoms with Crippen molar-refractivity contribution in [3.63, 3.8) is 0 Å². The zero-order valence-corrected chi connectivity index (χ0v) is 23.0. The molecule has 0 N–H and O–H groups in total. The molecule has 0 spiro atoms. The van der Waals surface area contributed by atoms with Gasteiger partial charge < -0.3 is 9.80 Å². The van der Waals surface area contributed by atoms with Crippen LogP contribution in [-0.4, -0.2) is 19.5 Å². The van der Waals surface area contributed by atoms with E-state index >= 15 is 0 Å². The molecule has 3 aromatic rings. The first kappa shape index (κ1) is 23.6. The SMILES string of the molecule is Cc1ccc2c(c1)SC(=CC1=CC(=CC3Sc4cc(C)ccc4N3C)CC(c3ccccc3)C1)N2C. The van der Waals surface area contributed by atoms with E-state index in [0.717, 1.165) is 12.8 Å². The molecule has 2 aliphatic heterocycles. The normalized spacial score (nSPS) is 23.3. The summed E-state index contributed by atoms with van der Waals surface area (Å²) in [5.74, 6) is 0.497. The minimum Gasteiger partial charge on any atom is -0.358 e. The lowest BCUT2D eigenvalue weighted by Gasteiger charge is -2.26. The van der Waals surface area contributed by atoms with E-state index in [1.165, 1.54) is 54.0 Å². The van der Waals surface area contributed by atoms with Gasteiger partial charge in [0.15, 0.2) is 0 Å². The summed E-state index contributed by atoms with van der Waals surface area (Å²) in [7, 11) is 4.42. The quantitative estimate of drug-likeness (QED) is 0.349. The van der Waals surface area contributed by atoms with Crippen molar-refractivity contribution in [3.05, 3.63) is 118 Å². The molecule has 6 rings (SSSR count). The van der Waals surface area contributed by atoms with E-state index in [1.54, 1.807) is 0 Å². The Morgan fingerprint density at radius 3 is 2.33 bits per heavy atom. The van der Waals surface area contributed by atoms with Gasteiger partial charge in [0, 0.05) is 23.9 Å². The lowest BCUT2D eigenvalue weighted by atomic mass is 9.81. The van der Waals surface area contributed by atoms with Gasteiger partial charge in [0.1, 0.15) is 0 Å². The molecule has 36 heavy (non-hydrogen) atoms. The van der Waals surface area contributed by atoms with Crippen molar-refractivity contribution in [3.8, 4) is 0 Å². The highest BCUT2D eigenvalue weighted by Gasteiger charge is 2.28. The van der Waals surface area contributed by atoms with Gasteiger partial charge in [-0.05, 0) is 96.9 Å². The third kappa shape index (κ3) is 4.53. The van der Waals surface area contributed by atoms with E-state index in [9.17, 15) is 0 Å². The van der Waals surface area contributed by atoms with Gasteiger partial charge in [-0.2, -0.15) is 0 Å². The molecular formula is C32H32N2S2. The van der Waals surface area contributed by atoms with Crippen molar-refractivity contribution in [2.24, 2.45) is 0 Å².